The molecule has 3 heterocycles. The van der Waals surface area contributed by atoms with E-state index in [1.165, 1.54) is 0 Å². The summed E-state index contributed by atoms with van der Waals surface area (Å²) in [7, 11) is 0. The third-order valence-electron chi connectivity index (χ3n) is 7.22. The molecule has 214 valence electrons. The van der Waals surface area contributed by atoms with Crippen molar-refractivity contribution in [2.24, 2.45) is 0 Å². The molecule has 1 saturated heterocycles. The molecule has 1 fully saturated rings. The van der Waals surface area contributed by atoms with Crippen LogP contribution in [0, 0.1) is 13.8 Å². The summed E-state index contributed by atoms with van der Waals surface area (Å²) in [6.45, 7) is 5.12. The summed E-state index contributed by atoms with van der Waals surface area (Å²) in [5, 5.41) is 24.2. The Bertz CT molecular complexity index is 1470. The predicted molar refractivity (Wildman–Crippen MR) is 157 cm³/mol. The molecule has 1 aliphatic rings. The average Bonchev–Trinajstić information content (AvgIpc) is 3.74. The number of nitrogens with zero attached hydrogens (tertiary/aromatic N) is 3. The van der Waals surface area contributed by atoms with E-state index in [0.29, 0.717) is 30.6 Å². The lowest BCUT2D eigenvalue weighted by atomic mass is 10.00. The summed E-state index contributed by atoms with van der Waals surface area (Å²) in [5.41, 5.74) is 3.52. The first-order chi connectivity index (χ1) is 19.9. The summed E-state index contributed by atoms with van der Waals surface area (Å²) in [6.07, 6.45) is 1.37. The quantitative estimate of drug-likeness (QED) is 0.246. The van der Waals surface area contributed by atoms with E-state index in [-0.39, 0.29) is 24.4 Å². The van der Waals surface area contributed by atoms with Crippen LogP contribution < -0.4 is 10.6 Å². The van der Waals surface area contributed by atoms with Crippen LogP contribution in [0.4, 0.5) is 0 Å². The molecular formula is C31H35N5O4S. The highest BCUT2D eigenvalue weighted by Crippen LogP contribution is 2.34. The number of likely N-dealkylation sites (tertiary alicyclic amines) is 1. The largest absolute Gasteiger partial charge is 0.390 e. The highest BCUT2D eigenvalue weighted by molar-refractivity contribution is 7.09. The van der Waals surface area contributed by atoms with E-state index in [9.17, 15) is 14.7 Å². The maximum absolute atomic E-state index is 13.5. The molecule has 9 nitrogen and oxygen atoms in total. The van der Waals surface area contributed by atoms with Crippen molar-refractivity contribution >= 4 is 23.2 Å². The lowest BCUT2D eigenvalue weighted by molar-refractivity contribution is 0.0735. The number of aromatic nitrogens is 2. The Morgan fingerprint density at radius 1 is 1.12 bits per heavy atom. The second-order valence-electron chi connectivity index (χ2n) is 10.5. The SMILES string of the molecule is Cc1csc([C@H]2CCCN2C(=O)c2cccc(C(=O)N[C@@H](Cc3ccccc3)[C@H](O)CNCc3cc(C)on3)c2)n1. The van der Waals surface area contributed by atoms with Crippen molar-refractivity contribution in [3.63, 3.8) is 0 Å². The molecule has 10 heteroatoms. The molecule has 2 amide bonds. The van der Waals surface area contributed by atoms with Gasteiger partial charge in [-0.1, -0.05) is 41.6 Å². The first-order valence-corrected chi connectivity index (χ1v) is 14.7. The monoisotopic (exact) mass is 573 g/mol. The van der Waals surface area contributed by atoms with E-state index in [1.807, 2.05) is 60.5 Å². The van der Waals surface area contributed by atoms with Gasteiger partial charge in [0, 0.05) is 47.9 Å². The van der Waals surface area contributed by atoms with E-state index in [4.69, 9.17) is 4.52 Å². The fourth-order valence-electron chi connectivity index (χ4n) is 5.15. The Kier molecular flexibility index (Phi) is 9.23. The van der Waals surface area contributed by atoms with Gasteiger partial charge in [-0.3, -0.25) is 9.59 Å². The summed E-state index contributed by atoms with van der Waals surface area (Å²) in [6, 6.07) is 17.7. The maximum Gasteiger partial charge on any atom is 0.254 e. The minimum absolute atomic E-state index is 0.0438. The van der Waals surface area contributed by atoms with Gasteiger partial charge in [0.15, 0.2) is 0 Å². The third-order valence-corrected chi connectivity index (χ3v) is 8.29. The topological polar surface area (TPSA) is 121 Å². The van der Waals surface area contributed by atoms with Gasteiger partial charge in [-0.15, -0.1) is 11.3 Å². The first kappa shape index (κ1) is 28.7. The molecule has 3 N–H and O–H groups in total. The highest BCUT2D eigenvalue weighted by atomic mass is 32.1. The van der Waals surface area contributed by atoms with Crippen molar-refractivity contribution in [1.82, 2.24) is 25.7 Å². The number of aliphatic hydroxyl groups is 1. The van der Waals surface area contributed by atoms with Gasteiger partial charge in [0.25, 0.3) is 11.8 Å². The second kappa shape index (κ2) is 13.2. The molecule has 1 aliphatic heterocycles. The fraction of sp³-hybridized carbons (Fsp3) is 0.355. The highest BCUT2D eigenvalue weighted by Gasteiger charge is 2.33. The molecule has 0 unspecified atom stereocenters. The van der Waals surface area contributed by atoms with Gasteiger partial charge in [0.1, 0.15) is 10.8 Å². The molecule has 0 aliphatic carbocycles. The number of carbonyl (C=O) groups excluding carboxylic acids is 2. The maximum atomic E-state index is 13.5. The van der Waals surface area contributed by atoms with Gasteiger partial charge in [0.2, 0.25) is 0 Å². The Hall–Kier alpha value is -3.86. The molecule has 0 radical (unpaired) electrons. The van der Waals surface area contributed by atoms with Crippen LogP contribution in [-0.2, 0) is 13.0 Å². The summed E-state index contributed by atoms with van der Waals surface area (Å²) < 4.78 is 5.10. The van der Waals surface area contributed by atoms with Crippen molar-refractivity contribution in [1.29, 1.82) is 0 Å². The second-order valence-corrected chi connectivity index (χ2v) is 11.4. The molecular weight excluding hydrogens is 538 g/mol. The van der Waals surface area contributed by atoms with Crippen molar-refractivity contribution in [3.8, 4) is 0 Å². The van der Waals surface area contributed by atoms with Crippen LogP contribution in [0.1, 0.15) is 67.3 Å². The zero-order chi connectivity index (χ0) is 28.8. The van der Waals surface area contributed by atoms with Crippen LogP contribution >= 0.6 is 11.3 Å². The molecule has 2 aromatic heterocycles. The number of amides is 2. The molecule has 4 aromatic rings. The van der Waals surface area contributed by atoms with Crippen molar-refractivity contribution in [2.45, 2.75) is 57.8 Å². The third kappa shape index (κ3) is 7.27. The van der Waals surface area contributed by atoms with Gasteiger partial charge in [-0.2, -0.15) is 0 Å². The molecule has 5 rings (SSSR count). The number of aliphatic hydroxyl groups excluding tert-OH is 1. The fourth-order valence-corrected chi connectivity index (χ4v) is 6.09. The zero-order valence-electron chi connectivity index (χ0n) is 23.2. The van der Waals surface area contributed by atoms with E-state index < -0.39 is 12.1 Å². The average molecular weight is 574 g/mol. The number of hydrogen-bond acceptors (Lipinski definition) is 8. The first-order valence-electron chi connectivity index (χ1n) is 13.9. The number of rotatable bonds is 11. The number of nitrogens with one attached hydrogen (secondary N) is 2. The standard InChI is InChI=1S/C31H35N5O4S/c1-20-19-41-30(33-20)27-12-7-13-36(27)31(39)24-11-6-10-23(16-24)29(38)34-26(15-22-8-4-3-5-9-22)28(37)18-32-17-25-14-21(2)40-35-25/h3-6,8-11,14,16,19,26-28,32,37H,7,12-13,15,17-18H2,1-2H3,(H,34,38)/t26-,27+,28+/m0/s1. The zero-order valence-corrected chi connectivity index (χ0v) is 24.1. The Morgan fingerprint density at radius 3 is 2.66 bits per heavy atom. The summed E-state index contributed by atoms with van der Waals surface area (Å²) in [5.74, 6) is 0.263. The van der Waals surface area contributed by atoms with Crippen LogP contribution in [0.2, 0.25) is 0 Å². The normalized spacial score (nSPS) is 16.5. The Morgan fingerprint density at radius 2 is 1.93 bits per heavy atom. The number of aryl methyl sites for hydroxylation is 2. The predicted octanol–water partition coefficient (Wildman–Crippen LogP) is 4.22. The molecule has 2 aromatic carbocycles. The Balaban J connectivity index is 1.27. The van der Waals surface area contributed by atoms with Crippen LogP contribution in [-0.4, -0.2) is 57.2 Å². The minimum atomic E-state index is -0.871. The van der Waals surface area contributed by atoms with Crippen molar-refractivity contribution in [3.05, 3.63) is 105 Å². The van der Waals surface area contributed by atoms with Crippen LogP contribution in [0.25, 0.3) is 0 Å². The van der Waals surface area contributed by atoms with Gasteiger partial charge >= 0.3 is 0 Å². The molecule has 0 spiro atoms. The summed E-state index contributed by atoms with van der Waals surface area (Å²) >= 11 is 1.58. The lowest BCUT2D eigenvalue weighted by Crippen LogP contribution is -2.48. The van der Waals surface area contributed by atoms with E-state index in [1.54, 1.807) is 35.6 Å². The van der Waals surface area contributed by atoms with E-state index in [0.717, 1.165) is 40.6 Å². The van der Waals surface area contributed by atoms with Crippen LogP contribution in [0.15, 0.2) is 70.6 Å². The van der Waals surface area contributed by atoms with Crippen molar-refractivity contribution < 1.29 is 19.2 Å². The van der Waals surface area contributed by atoms with Gasteiger partial charge in [0.05, 0.1) is 23.9 Å². The Labute approximate surface area is 243 Å². The van der Waals surface area contributed by atoms with Gasteiger partial charge in [-0.25, -0.2) is 4.98 Å². The van der Waals surface area contributed by atoms with Crippen LogP contribution in [0.5, 0.6) is 0 Å². The molecule has 0 saturated carbocycles. The minimum Gasteiger partial charge on any atom is -0.390 e. The van der Waals surface area contributed by atoms with E-state index >= 15 is 0 Å². The number of hydrogen-bond donors (Lipinski definition) is 3. The number of benzene rings is 2. The molecule has 41 heavy (non-hydrogen) atoms. The number of carbonyl (C=O) groups is 2. The lowest BCUT2D eigenvalue weighted by Gasteiger charge is -2.25. The van der Waals surface area contributed by atoms with Crippen LogP contribution in [0.3, 0.4) is 0 Å². The molecule has 3 atom stereocenters. The molecule has 0 bridgehead atoms. The summed E-state index contributed by atoms with van der Waals surface area (Å²) in [4.78, 5) is 33.4. The van der Waals surface area contributed by atoms with E-state index in [2.05, 4.69) is 20.8 Å². The van der Waals surface area contributed by atoms with Gasteiger partial charge < -0.3 is 25.2 Å². The smallest absolute Gasteiger partial charge is 0.254 e. The van der Waals surface area contributed by atoms with Gasteiger partial charge in [-0.05, 0) is 56.9 Å². The van der Waals surface area contributed by atoms with Crippen molar-refractivity contribution in [2.75, 3.05) is 13.1 Å². The number of thiazole rings is 1.